The number of para-hydroxylation sites is 1. The summed E-state index contributed by atoms with van der Waals surface area (Å²) in [5, 5.41) is 11.8. The molecule has 1 amide bonds. The average molecular weight is 202 g/mol. The first-order valence-corrected chi connectivity index (χ1v) is 4.58. The van der Waals surface area contributed by atoms with Gasteiger partial charge in [-0.3, -0.25) is 10.0 Å². The van der Waals surface area contributed by atoms with Crippen LogP contribution in [0, 0.1) is 5.21 Å². The molecule has 0 aliphatic rings. The van der Waals surface area contributed by atoms with Gasteiger partial charge in [-0.1, -0.05) is 18.2 Å². The Morgan fingerprint density at radius 3 is 2.87 bits per heavy atom. The number of hydrogen-bond donors (Lipinski definition) is 1. The van der Waals surface area contributed by atoms with E-state index in [2.05, 4.69) is 4.98 Å². The van der Waals surface area contributed by atoms with Gasteiger partial charge >= 0.3 is 5.91 Å². The molecular formula is C11H10N2O2. The third kappa shape index (κ3) is 1.86. The standard InChI is InChI=1S/C11H10N2O2/c1-8(14)13(15)10-6-9-4-2-3-5-11(9)12-7-10/h2-7,13H,1H3. The molecule has 0 bridgehead atoms. The number of fused-ring (bicyclic) bond motifs is 1. The highest BCUT2D eigenvalue weighted by Gasteiger charge is 2.08. The predicted octanol–water partition coefficient (Wildman–Crippen LogP) is 0.795. The topological polar surface area (TPSA) is 57.5 Å². The number of nitrogens with one attached hydrogen (secondary N) is 1. The quantitative estimate of drug-likeness (QED) is 0.696. The third-order valence-electron chi connectivity index (χ3n) is 2.17. The predicted molar refractivity (Wildman–Crippen MR) is 56.4 cm³/mol. The van der Waals surface area contributed by atoms with Crippen molar-refractivity contribution in [1.29, 1.82) is 0 Å². The summed E-state index contributed by atoms with van der Waals surface area (Å²) in [6.45, 7) is 1.26. The van der Waals surface area contributed by atoms with Crippen molar-refractivity contribution in [2.45, 2.75) is 6.92 Å². The van der Waals surface area contributed by atoms with Crippen molar-refractivity contribution in [2.24, 2.45) is 0 Å². The van der Waals surface area contributed by atoms with Gasteiger partial charge in [0.1, 0.15) is 0 Å². The van der Waals surface area contributed by atoms with Crippen LogP contribution < -0.4 is 5.06 Å². The lowest BCUT2D eigenvalue weighted by atomic mass is 10.2. The maximum Gasteiger partial charge on any atom is 0.313 e. The van der Waals surface area contributed by atoms with Gasteiger partial charge in [0.25, 0.3) is 0 Å². The van der Waals surface area contributed by atoms with Gasteiger partial charge < -0.3 is 5.21 Å². The highest BCUT2D eigenvalue weighted by Crippen LogP contribution is 2.13. The smallest absolute Gasteiger partial charge is 0.313 e. The number of rotatable bonds is 1. The maximum atomic E-state index is 11.4. The van der Waals surface area contributed by atoms with Crippen molar-refractivity contribution in [3.05, 3.63) is 41.7 Å². The Labute approximate surface area is 86.7 Å². The highest BCUT2D eigenvalue weighted by atomic mass is 16.5. The van der Waals surface area contributed by atoms with Gasteiger partial charge in [-0.05, 0) is 6.07 Å². The van der Waals surface area contributed by atoms with Crippen LogP contribution in [0.4, 0.5) is 5.69 Å². The Balaban J connectivity index is 2.51. The Bertz CT molecular complexity index is 511. The van der Waals surface area contributed by atoms with Crippen LogP contribution in [0.1, 0.15) is 6.92 Å². The number of benzene rings is 1. The van der Waals surface area contributed by atoms with E-state index in [0.717, 1.165) is 10.9 Å². The number of hydrogen-bond acceptors (Lipinski definition) is 3. The van der Waals surface area contributed by atoms with E-state index in [-0.39, 0.29) is 0 Å². The van der Waals surface area contributed by atoms with E-state index in [1.807, 2.05) is 24.3 Å². The van der Waals surface area contributed by atoms with E-state index in [4.69, 9.17) is 0 Å². The zero-order valence-corrected chi connectivity index (χ0v) is 8.23. The molecule has 0 radical (unpaired) electrons. The second-order valence-corrected chi connectivity index (χ2v) is 3.30. The minimum absolute atomic E-state index is 0.348. The number of amides is 1. The molecule has 2 rings (SSSR count). The minimum Gasteiger partial charge on any atom is -0.621 e. The molecule has 1 unspecified atom stereocenters. The lowest BCUT2D eigenvalue weighted by molar-refractivity contribution is -0.688. The van der Waals surface area contributed by atoms with Gasteiger partial charge in [-0.15, -0.1) is 0 Å². The third-order valence-corrected chi connectivity index (χ3v) is 2.17. The largest absolute Gasteiger partial charge is 0.621 e. The van der Waals surface area contributed by atoms with E-state index in [0.29, 0.717) is 5.69 Å². The number of carbonyl (C=O) groups is 1. The van der Waals surface area contributed by atoms with Gasteiger partial charge in [0.15, 0.2) is 5.69 Å². The molecule has 0 spiro atoms. The van der Waals surface area contributed by atoms with Crippen LogP contribution in [0.15, 0.2) is 36.5 Å². The number of nitrogens with zero attached hydrogens (tertiary/aromatic N) is 1. The summed E-state index contributed by atoms with van der Waals surface area (Å²) in [4.78, 5) is 15.0. The van der Waals surface area contributed by atoms with Crippen LogP contribution in [-0.4, -0.2) is 10.9 Å². The van der Waals surface area contributed by atoms with Crippen molar-refractivity contribution in [3.8, 4) is 0 Å². The van der Waals surface area contributed by atoms with Crippen molar-refractivity contribution < 1.29 is 9.86 Å². The van der Waals surface area contributed by atoms with Gasteiger partial charge in [-0.2, -0.15) is 0 Å². The van der Waals surface area contributed by atoms with E-state index in [1.165, 1.54) is 13.1 Å². The van der Waals surface area contributed by atoms with Crippen molar-refractivity contribution >= 4 is 22.5 Å². The molecular weight excluding hydrogens is 192 g/mol. The summed E-state index contributed by atoms with van der Waals surface area (Å²) in [5.41, 5.74) is 1.17. The van der Waals surface area contributed by atoms with Crippen molar-refractivity contribution in [3.63, 3.8) is 0 Å². The van der Waals surface area contributed by atoms with Gasteiger partial charge in [0.05, 0.1) is 18.6 Å². The number of carbonyl (C=O) groups excluding carboxylic acids is 1. The zero-order chi connectivity index (χ0) is 10.8. The monoisotopic (exact) mass is 202 g/mol. The molecule has 0 fully saturated rings. The second-order valence-electron chi connectivity index (χ2n) is 3.30. The Morgan fingerprint density at radius 1 is 1.40 bits per heavy atom. The van der Waals surface area contributed by atoms with Gasteiger partial charge in [-0.25, -0.2) is 4.79 Å². The van der Waals surface area contributed by atoms with Gasteiger partial charge in [0, 0.05) is 11.5 Å². The fourth-order valence-electron chi connectivity index (χ4n) is 1.40. The minimum atomic E-state index is -0.492. The fourth-order valence-corrected chi connectivity index (χ4v) is 1.40. The number of hydroxylamine groups is 1. The molecule has 0 saturated heterocycles. The molecule has 2 aromatic rings. The molecule has 1 N–H and O–H groups in total. The number of quaternary nitrogens is 1. The molecule has 4 nitrogen and oxygen atoms in total. The number of pyridine rings is 1. The summed E-state index contributed by atoms with van der Waals surface area (Å²) in [6, 6.07) is 9.15. The van der Waals surface area contributed by atoms with E-state index >= 15 is 0 Å². The van der Waals surface area contributed by atoms with Crippen molar-refractivity contribution in [1.82, 2.24) is 4.98 Å². The molecule has 1 aromatic heterocycles. The summed E-state index contributed by atoms with van der Waals surface area (Å²) in [7, 11) is 0. The lowest BCUT2D eigenvalue weighted by Gasteiger charge is -2.16. The molecule has 0 aliphatic carbocycles. The number of aromatic nitrogens is 1. The molecule has 76 valence electrons. The maximum absolute atomic E-state index is 11.4. The SMILES string of the molecule is CC(=O)[NH+]([O-])c1cnc2ccccc2c1. The highest BCUT2D eigenvalue weighted by molar-refractivity contribution is 5.81. The van der Waals surface area contributed by atoms with Crippen molar-refractivity contribution in [2.75, 3.05) is 0 Å². The summed E-state index contributed by atoms with van der Waals surface area (Å²) in [6.07, 6.45) is 1.44. The molecule has 1 heterocycles. The van der Waals surface area contributed by atoms with Crippen LogP contribution in [0.5, 0.6) is 0 Å². The second kappa shape index (κ2) is 3.76. The summed E-state index contributed by atoms with van der Waals surface area (Å²) in [5.74, 6) is -0.466. The first-order valence-electron chi connectivity index (χ1n) is 4.58. The Morgan fingerprint density at radius 2 is 2.13 bits per heavy atom. The molecule has 1 atom stereocenters. The van der Waals surface area contributed by atoms with Crippen LogP contribution in [0.25, 0.3) is 10.9 Å². The van der Waals surface area contributed by atoms with E-state index in [9.17, 15) is 10.0 Å². The van der Waals surface area contributed by atoms with Gasteiger partial charge in [0.2, 0.25) is 0 Å². The van der Waals surface area contributed by atoms with Crippen LogP contribution in [0.3, 0.4) is 0 Å². The Kier molecular flexibility index (Phi) is 2.45. The summed E-state index contributed by atoms with van der Waals surface area (Å²) >= 11 is 0. The molecule has 15 heavy (non-hydrogen) atoms. The van der Waals surface area contributed by atoms with E-state index < -0.39 is 11.0 Å². The molecule has 1 aromatic carbocycles. The molecule has 0 saturated carbocycles. The Hall–Kier alpha value is -1.78. The van der Waals surface area contributed by atoms with Crippen LogP contribution >= 0.6 is 0 Å². The van der Waals surface area contributed by atoms with Crippen LogP contribution in [0.2, 0.25) is 0 Å². The first-order chi connectivity index (χ1) is 7.18. The lowest BCUT2D eigenvalue weighted by Crippen LogP contribution is -3.04. The summed E-state index contributed by atoms with van der Waals surface area (Å²) < 4.78 is 0. The van der Waals surface area contributed by atoms with Crippen LogP contribution in [-0.2, 0) is 4.79 Å². The molecule has 0 aliphatic heterocycles. The first kappa shape index (κ1) is 9.76. The normalized spacial score (nSPS) is 12.7. The fraction of sp³-hybridized carbons (Fsp3) is 0.0909. The molecule has 4 heteroatoms. The van der Waals surface area contributed by atoms with E-state index in [1.54, 1.807) is 6.07 Å². The average Bonchev–Trinajstić information content (AvgIpc) is 2.27. The zero-order valence-electron chi connectivity index (χ0n) is 8.23.